The van der Waals surface area contributed by atoms with Gasteiger partial charge in [-0.3, -0.25) is 4.79 Å². The van der Waals surface area contributed by atoms with Crippen molar-refractivity contribution in [1.82, 2.24) is 5.32 Å². The normalized spacial score (nSPS) is 13.1. The molecule has 2 unspecified atom stereocenters. The van der Waals surface area contributed by atoms with E-state index in [2.05, 4.69) is 67.8 Å². The molecule has 0 radical (unpaired) electrons. The molecule has 3 N–H and O–H groups in total. The van der Waals surface area contributed by atoms with Gasteiger partial charge in [0.1, 0.15) is 0 Å². The molecule has 71 heavy (non-hydrogen) atoms. The Morgan fingerprint density at radius 2 is 0.592 bits per heavy atom. The van der Waals surface area contributed by atoms with Crippen molar-refractivity contribution < 1.29 is 15.0 Å². The number of hydrogen-bond acceptors (Lipinski definition) is 3. The smallest absolute Gasteiger partial charge is 0.220 e. The van der Waals surface area contributed by atoms with Gasteiger partial charge in [-0.1, -0.05) is 319 Å². The summed E-state index contributed by atoms with van der Waals surface area (Å²) in [5.74, 6) is -0.0726. The molecule has 0 aromatic rings. The molecule has 0 fully saturated rings. The second-order valence-electron chi connectivity index (χ2n) is 21.8. The van der Waals surface area contributed by atoms with Crippen molar-refractivity contribution in [2.24, 2.45) is 0 Å². The molecule has 0 heterocycles. The van der Waals surface area contributed by atoms with Crippen LogP contribution in [0, 0.1) is 0 Å². The lowest BCUT2D eigenvalue weighted by Crippen LogP contribution is -2.45. The quantitative estimate of drug-likeness (QED) is 0.0420. The number of aliphatic hydroxyl groups excluding tert-OH is 2. The summed E-state index contributed by atoms with van der Waals surface area (Å²) in [5, 5.41) is 23.2. The number of carbonyl (C=O) groups is 1. The van der Waals surface area contributed by atoms with Crippen molar-refractivity contribution in [3.63, 3.8) is 0 Å². The topological polar surface area (TPSA) is 69.6 Å². The Bertz CT molecular complexity index is 1170. The third kappa shape index (κ3) is 58.8. The van der Waals surface area contributed by atoms with Crippen molar-refractivity contribution >= 4 is 5.91 Å². The highest BCUT2D eigenvalue weighted by Gasteiger charge is 2.18. The van der Waals surface area contributed by atoms with Gasteiger partial charge >= 0.3 is 0 Å². The summed E-state index contributed by atoms with van der Waals surface area (Å²) in [7, 11) is 0. The molecule has 0 rings (SSSR count). The number of amides is 1. The van der Waals surface area contributed by atoms with Gasteiger partial charge < -0.3 is 15.5 Å². The molecule has 0 saturated carbocycles. The Hall–Kier alpha value is -1.91. The Balaban J connectivity index is 3.46. The van der Waals surface area contributed by atoms with Crippen LogP contribution in [-0.4, -0.2) is 34.9 Å². The van der Waals surface area contributed by atoms with E-state index in [4.69, 9.17) is 0 Å². The van der Waals surface area contributed by atoms with E-state index in [9.17, 15) is 15.0 Å². The van der Waals surface area contributed by atoms with Crippen molar-refractivity contribution in [1.29, 1.82) is 0 Å². The zero-order chi connectivity index (χ0) is 51.3. The van der Waals surface area contributed by atoms with Crippen molar-refractivity contribution in [3.8, 4) is 0 Å². The van der Waals surface area contributed by atoms with Crippen molar-refractivity contribution in [3.05, 3.63) is 60.8 Å². The van der Waals surface area contributed by atoms with Crippen LogP contribution in [0.15, 0.2) is 60.8 Å². The maximum Gasteiger partial charge on any atom is 0.220 e. The van der Waals surface area contributed by atoms with E-state index in [-0.39, 0.29) is 12.5 Å². The summed E-state index contributed by atoms with van der Waals surface area (Å²) < 4.78 is 0. The number of aliphatic hydroxyl groups is 2. The van der Waals surface area contributed by atoms with Crippen LogP contribution in [-0.2, 0) is 4.79 Å². The Labute approximate surface area is 445 Å². The lowest BCUT2D eigenvalue weighted by atomic mass is 10.0. The van der Waals surface area contributed by atoms with Gasteiger partial charge in [-0.05, 0) is 77.0 Å². The molecule has 0 spiro atoms. The zero-order valence-corrected chi connectivity index (χ0v) is 48.0. The van der Waals surface area contributed by atoms with Gasteiger partial charge in [0, 0.05) is 6.42 Å². The van der Waals surface area contributed by atoms with Crippen LogP contribution in [0.3, 0.4) is 0 Å². The van der Waals surface area contributed by atoms with Crippen LogP contribution in [0.1, 0.15) is 341 Å². The fourth-order valence-electron chi connectivity index (χ4n) is 9.83. The second kappa shape index (κ2) is 62.4. The van der Waals surface area contributed by atoms with Crippen LogP contribution in [0.5, 0.6) is 0 Å². The summed E-state index contributed by atoms with van der Waals surface area (Å²) in [4.78, 5) is 12.5. The minimum absolute atomic E-state index is 0.0726. The highest BCUT2D eigenvalue weighted by molar-refractivity contribution is 5.76. The third-order valence-electron chi connectivity index (χ3n) is 14.7. The molecule has 0 saturated heterocycles. The summed E-state index contributed by atoms with van der Waals surface area (Å²) in [6.45, 7) is 4.31. The minimum Gasteiger partial charge on any atom is -0.394 e. The molecule has 4 nitrogen and oxygen atoms in total. The molecule has 0 aromatic heterocycles. The first-order chi connectivity index (χ1) is 35.2. The van der Waals surface area contributed by atoms with Crippen molar-refractivity contribution in [2.45, 2.75) is 353 Å². The Morgan fingerprint density at radius 3 is 0.901 bits per heavy atom. The predicted octanol–water partition coefficient (Wildman–Crippen LogP) is 21.5. The van der Waals surface area contributed by atoms with Gasteiger partial charge in [-0.15, -0.1) is 0 Å². The van der Waals surface area contributed by atoms with Gasteiger partial charge in [-0.25, -0.2) is 0 Å². The maximum atomic E-state index is 12.5. The number of carbonyl (C=O) groups excluding carboxylic acids is 1. The van der Waals surface area contributed by atoms with Crippen LogP contribution in [0.25, 0.3) is 0 Å². The molecule has 0 aromatic carbocycles. The number of nitrogens with one attached hydrogen (secondary N) is 1. The van der Waals surface area contributed by atoms with Gasteiger partial charge in [0.05, 0.1) is 18.8 Å². The zero-order valence-electron chi connectivity index (χ0n) is 48.0. The van der Waals surface area contributed by atoms with Gasteiger partial charge in [-0.2, -0.15) is 0 Å². The van der Waals surface area contributed by atoms with E-state index < -0.39 is 12.1 Å². The first-order valence-electron chi connectivity index (χ1n) is 32.0. The lowest BCUT2D eigenvalue weighted by molar-refractivity contribution is -0.123. The average molecular weight is 993 g/mol. The summed E-state index contributed by atoms with van der Waals surface area (Å²) in [6.07, 6.45) is 88.6. The molecule has 4 heteroatoms. The molecule has 416 valence electrons. The predicted molar refractivity (Wildman–Crippen MR) is 318 cm³/mol. The van der Waals surface area contributed by atoms with Gasteiger partial charge in [0.15, 0.2) is 0 Å². The second-order valence-corrected chi connectivity index (χ2v) is 21.8. The van der Waals surface area contributed by atoms with E-state index in [1.807, 2.05) is 6.08 Å². The first kappa shape index (κ1) is 69.1. The fourth-order valence-corrected chi connectivity index (χ4v) is 9.83. The molecule has 0 aliphatic rings. The van der Waals surface area contributed by atoms with E-state index in [1.54, 1.807) is 6.08 Å². The number of unbranched alkanes of at least 4 members (excludes halogenated alkanes) is 44. The summed E-state index contributed by atoms with van der Waals surface area (Å²) >= 11 is 0. The molecule has 1 amide bonds. The molecular weight excluding hydrogens is 867 g/mol. The Kier molecular flexibility index (Phi) is 60.7. The Morgan fingerprint density at radius 1 is 0.338 bits per heavy atom. The SMILES string of the molecule is CCCCCCC/C=C\C/C=C\CCCCCCCCCCCCCCCCCCCCCCCCCCCC(=O)NC(CO)C(O)/C=C/CC/C=C/CC/C=C/CCCCCCCCCCCCCC. The number of rotatable bonds is 59. The monoisotopic (exact) mass is 992 g/mol. The standard InChI is InChI=1S/C67H125NO3/c1-3-5-7-9-11-13-15-17-19-21-23-25-27-28-29-30-31-32-33-34-35-36-37-38-39-40-41-43-45-47-49-51-53-55-57-59-61-63-67(71)68-65(64-69)66(70)62-60-58-56-54-52-50-48-46-44-42-26-24-22-20-18-16-14-12-10-8-6-4-2/h15,17,21,23,44,46,52,54,60,62,65-66,69-70H,3-14,16,18-20,22,24-43,45,47-51,53,55-59,61,63-64H2,1-2H3,(H,68,71)/b17-15-,23-21-,46-44+,54-52+,62-60+. The van der Waals surface area contributed by atoms with E-state index in [0.29, 0.717) is 6.42 Å². The molecule has 2 atom stereocenters. The van der Waals surface area contributed by atoms with Crippen LogP contribution in [0.4, 0.5) is 0 Å². The molecular formula is C67H125NO3. The largest absolute Gasteiger partial charge is 0.394 e. The van der Waals surface area contributed by atoms with E-state index in [1.165, 1.54) is 276 Å². The van der Waals surface area contributed by atoms with Gasteiger partial charge in [0.25, 0.3) is 0 Å². The lowest BCUT2D eigenvalue weighted by Gasteiger charge is -2.19. The van der Waals surface area contributed by atoms with Crippen LogP contribution < -0.4 is 5.32 Å². The maximum absolute atomic E-state index is 12.5. The number of hydrogen-bond donors (Lipinski definition) is 3. The number of allylic oxidation sites excluding steroid dienone is 9. The van der Waals surface area contributed by atoms with Crippen LogP contribution >= 0.6 is 0 Å². The van der Waals surface area contributed by atoms with Gasteiger partial charge in [0.2, 0.25) is 5.91 Å². The molecule has 0 aliphatic carbocycles. The first-order valence-corrected chi connectivity index (χ1v) is 32.0. The van der Waals surface area contributed by atoms with Crippen LogP contribution in [0.2, 0.25) is 0 Å². The third-order valence-corrected chi connectivity index (χ3v) is 14.7. The summed E-state index contributed by atoms with van der Waals surface area (Å²) in [6, 6.07) is -0.646. The fraction of sp³-hybridized carbons (Fsp3) is 0.836. The highest BCUT2D eigenvalue weighted by atomic mass is 16.3. The molecule has 0 bridgehead atoms. The van der Waals surface area contributed by atoms with E-state index >= 15 is 0 Å². The average Bonchev–Trinajstić information content (AvgIpc) is 3.37. The summed E-state index contributed by atoms with van der Waals surface area (Å²) in [5.41, 5.74) is 0. The highest BCUT2D eigenvalue weighted by Crippen LogP contribution is 2.18. The van der Waals surface area contributed by atoms with E-state index in [0.717, 1.165) is 44.9 Å². The van der Waals surface area contributed by atoms with Crippen molar-refractivity contribution in [2.75, 3.05) is 6.61 Å². The minimum atomic E-state index is -0.871. The molecule has 0 aliphatic heterocycles.